The van der Waals surface area contributed by atoms with Gasteiger partial charge in [-0.3, -0.25) is 0 Å². The van der Waals surface area contributed by atoms with Crippen molar-refractivity contribution in [1.29, 1.82) is 0 Å². The van der Waals surface area contributed by atoms with E-state index in [1.54, 1.807) is 0 Å². The molecule has 0 bridgehead atoms. The van der Waals surface area contributed by atoms with Crippen molar-refractivity contribution in [3.8, 4) is 0 Å². The van der Waals surface area contributed by atoms with Crippen molar-refractivity contribution >= 4 is 11.9 Å². The summed E-state index contributed by atoms with van der Waals surface area (Å²) in [6.07, 6.45) is 18.1. The Morgan fingerprint density at radius 2 is 1.09 bits per heavy atom. The second-order valence-corrected chi connectivity index (χ2v) is 5.23. The summed E-state index contributed by atoms with van der Waals surface area (Å²) >= 11 is 0. The number of ether oxygens (including phenoxy) is 2. The fourth-order valence-electron chi connectivity index (χ4n) is 2.32. The number of carbonyl (C=O) groups is 2. The molecule has 2 rings (SSSR count). The first-order chi connectivity index (χ1) is 10.5. The summed E-state index contributed by atoms with van der Waals surface area (Å²) in [6.45, 7) is 3.85. The third-order valence-corrected chi connectivity index (χ3v) is 3.78. The molecule has 0 atom stereocenters. The second kappa shape index (κ2) is 6.60. The number of rotatable bonds is 6. The maximum Gasteiger partial charge on any atom is 0.332 e. The van der Waals surface area contributed by atoms with Crippen LogP contribution in [0.4, 0.5) is 0 Å². The summed E-state index contributed by atoms with van der Waals surface area (Å²) in [5, 5.41) is 0. The molecule has 0 aromatic rings. The van der Waals surface area contributed by atoms with Gasteiger partial charge < -0.3 is 9.47 Å². The topological polar surface area (TPSA) is 52.6 Å². The minimum atomic E-state index is -0.701. The third-order valence-electron chi connectivity index (χ3n) is 3.78. The average molecular weight is 300 g/mol. The lowest BCUT2D eigenvalue weighted by Gasteiger charge is -2.23. The first-order valence-electron chi connectivity index (χ1n) is 7.41. The monoisotopic (exact) mass is 300 g/mol. The van der Waals surface area contributed by atoms with Gasteiger partial charge in [0.2, 0.25) is 0 Å². The van der Waals surface area contributed by atoms with Crippen LogP contribution in [0.2, 0.25) is 0 Å². The molecule has 0 amide bonds. The lowest BCUT2D eigenvalue weighted by Crippen LogP contribution is -2.29. The number of allylic oxidation sites excluding steroid dienone is 4. The lowest BCUT2D eigenvalue weighted by atomic mass is 10.0. The highest BCUT2D eigenvalue weighted by Crippen LogP contribution is 2.25. The summed E-state index contributed by atoms with van der Waals surface area (Å²) in [4.78, 5) is 23.7. The lowest BCUT2D eigenvalue weighted by molar-refractivity contribution is -0.148. The van der Waals surface area contributed by atoms with E-state index in [0.29, 0.717) is 12.8 Å². The van der Waals surface area contributed by atoms with Gasteiger partial charge in [-0.05, 0) is 37.1 Å². The number of hydrogen-bond donors (Lipinski definition) is 0. The van der Waals surface area contributed by atoms with Gasteiger partial charge in [-0.25, -0.2) is 9.59 Å². The Bertz CT molecular complexity index is 514. The van der Waals surface area contributed by atoms with Crippen LogP contribution in [0.25, 0.3) is 0 Å². The molecule has 0 unspecified atom stereocenters. The highest BCUT2D eigenvalue weighted by atomic mass is 16.6. The van der Waals surface area contributed by atoms with E-state index in [0.717, 1.165) is 12.2 Å². The van der Waals surface area contributed by atoms with Crippen molar-refractivity contribution in [2.24, 2.45) is 0 Å². The maximum atomic E-state index is 11.8. The maximum absolute atomic E-state index is 11.8. The van der Waals surface area contributed by atoms with E-state index >= 15 is 0 Å². The molecule has 0 N–H and O–H groups in total. The van der Waals surface area contributed by atoms with Crippen molar-refractivity contribution in [3.05, 3.63) is 60.8 Å². The van der Waals surface area contributed by atoms with Crippen LogP contribution >= 0.6 is 0 Å². The predicted molar refractivity (Wildman–Crippen MR) is 83.9 cm³/mol. The Labute approximate surface area is 130 Å². The number of esters is 2. The van der Waals surface area contributed by atoms with E-state index in [9.17, 15) is 9.59 Å². The van der Waals surface area contributed by atoms with Gasteiger partial charge >= 0.3 is 11.9 Å². The molecule has 0 fully saturated rings. The molecule has 2 aliphatic carbocycles. The van der Waals surface area contributed by atoms with Gasteiger partial charge in [0.1, 0.15) is 11.2 Å². The molecular formula is C18H20O4. The Morgan fingerprint density at radius 1 is 0.773 bits per heavy atom. The fourth-order valence-corrected chi connectivity index (χ4v) is 2.32. The number of carbonyl (C=O) groups excluding carboxylic acids is 2. The first-order valence-corrected chi connectivity index (χ1v) is 7.41. The quantitative estimate of drug-likeness (QED) is 0.558. The van der Waals surface area contributed by atoms with Crippen LogP contribution < -0.4 is 0 Å². The SMILES string of the molecule is CCC1(OC(=O)/C=C\C(=O)OC2(CC)C=CC=C2)C=CC=C1. The predicted octanol–water partition coefficient (Wildman–Crippen LogP) is 3.18. The normalized spacial score (nSPS) is 19.9. The Balaban J connectivity index is 1.91. The minimum absolute atomic E-state index is 0.571. The Morgan fingerprint density at radius 3 is 1.36 bits per heavy atom. The van der Waals surface area contributed by atoms with Crippen LogP contribution in [-0.4, -0.2) is 23.1 Å². The van der Waals surface area contributed by atoms with Crippen molar-refractivity contribution in [1.82, 2.24) is 0 Å². The smallest absolute Gasteiger partial charge is 0.332 e. The van der Waals surface area contributed by atoms with Crippen LogP contribution in [0, 0.1) is 0 Å². The molecule has 0 heterocycles. The van der Waals surface area contributed by atoms with E-state index in [1.807, 2.05) is 62.5 Å². The summed E-state index contributed by atoms with van der Waals surface area (Å²) in [5.74, 6) is -1.14. The molecule has 0 radical (unpaired) electrons. The third kappa shape index (κ3) is 3.64. The molecule has 0 saturated carbocycles. The van der Waals surface area contributed by atoms with E-state index in [1.165, 1.54) is 0 Å². The summed E-state index contributed by atoms with van der Waals surface area (Å²) in [7, 11) is 0. The van der Waals surface area contributed by atoms with E-state index in [2.05, 4.69) is 0 Å². The van der Waals surface area contributed by atoms with Gasteiger partial charge in [0.25, 0.3) is 0 Å². The van der Waals surface area contributed by atoms with Crippen LogP contribution in [0.15, 0.2) is 60.8 Å². The van der Waals surface area contributed by atoms with Crippen LogP contribution in [0.1, 0.15) is 26.7 Å². The molecule has 4 heteroatoms. The van der Waals surface area contributed by atoms with Gasteiger partial charge in [0.15, 0.2) is 0 Å². The second-order valence-electron chi connectivity index (χ2n) is 5.23. The average Bonchev–Trinajstić information content (AvgIpc) is 3.16. The van der Waals surface area contributed by atoms with Crippen LogP contribution in [-0.2, 0) is 19.1 Å². The number of hydrogen-bond acceptors (Lipinski definition) is 4. The zero-order valence-electron chi connectivity index (χ0n) is 12.8. The van der Waals surface area contributed by atoms with Crippen molar-refractivity contribution in [3.63, 3.8) is 0 Å². The van der Waals surface area contributed by atoms with E-state index in [4.69, 9.17) is 9.47 Å². The molecule has 0 aromatic heterocycles. The van der Waals surface area contributed by atoms with Crippen molar-refractivity contribution < 1.29 is 19.1 Å². The summed E-state index contributed by atoms with van der Waals surface area (Å²) < 4.78 is 10.8. The molecule has 0 saturated heterocycles. The van der Waals surface area contributed by atoms with Gasteiger partial charge in [-0.15, -0.1) is 0 Å². The molecule has 0 aliphatic heterocycles. The van der Waals surface area contributed by atoms with Gasteiger partial charge in [0, 0.05) is 12.2 Å². The molecule has 22 heavy (non-hydrogen) atoms. The Hall–Kier alpha value is -2.36. The van der Waals surface area contributed by atoms with Crippen molar-refractivity contribution in [2.75, 3.05) is 0 Å². The molecule has 0 spiro atoms. The van der Waals surface area contributed by atoms with Gasteiger partial charge in [0.05, 0.1) is 0 Å². The first kappa shape index (κ1) is 16.0. The molecule has 2 aliphatic rings. The zero-order valence-corrected chi connectivity index (χ0v) is 12.8. The Kier molecular flexibility index (Phi) is 4.81. The fraction of sp³-hybridized carbons (Fsp3) is 0.333. The molecule has 116 valence electrons. The van der Waals surface area contributed by atoms with Crippen molar-refractivity contribution in [2.45, 2.75) is 37.9 Å². The standard InChI is InChI=1S/C18H20O4/c1-3-17(11-5-6-12-17)21-15(19)9-10-16(20)22-18(4-2)13-7-8-14-18/h5-14H,3-4H2,1-2H3/b10-9-. The highest BCUT2D eigenvalue weighted by molar-refractivity contribution is 5.92. The van der Waals surface area contributed by atoms with Gasteiger partial charge in [-0.2, -0.15) is 0 Å². The van der Waals surface area contributed by atoms with Crippen LogP contribution in [0.3, 0.4) is 0 Å². The summed E-state index contributed by atoms with van der Waals surface area (Å²) in [6, 6.07) is 0. The largest absolute Gasteiger partial charge is 0.447 e. The molecular weight excluding hydrogens is 280 g/mol. The minimum Gasteiger partial charge on any atom is -0.447 e. The summed E-state index contributed by atoms with van der Waals surface area (Å²) in [5.41, 5.74) is -1.40. The zero-order chi connectivity index (χ0) is 16.1. The van der Waals surface area contributed by atoms with Crippen LogP contribution in [0.5, 0.6) is 0 Å². The molecule has 4 nitrogen and oxygen atoms in total. The van der Waals surface area contributed by atoms with E-state index < -0.39 is 23.1 Å². The van der Waals surface area contributed by atoms with Gasteiger partial charge in [-0.1, -0.05) is 38.2 Å². The highest BCUT2D eigenvalue weighted by Gasteiger charge is 2.29. The van der Waals surface area contributed by atoms with E-state index in [-0.39, 0.29) is 0 Å². The molecule has 0 aromatic carbocycles.